The molecule has 1 aliphatic rings. The Bertz CT molecular complexity index is 141. The summed E-state index contributed by atoms with van der Waals surface area (Å²) in [5.41, 5.74) is 0. The van der Waals surface area contributed by atoms with E-state index < -0.39 is 5.92 Å². The van der Waals surface area contributed by atoms with Crippen LogP contribution in [0.1, 0.15) is 46.0 Å². The highest BCUT2D eigenvalue weighted by Gasteiger charge is 2.35. The summed E-state index contributed by atoms with van der Waals surface area (Å²) in [6.07, 6.45) is 2.93. The van der Waals surface area contributed by atoms with E-state index in [1.807, 2.05) is 0 Å². The fourth-order valence-electron chi connectivity index (χ4n) is 2.14. The van der Waals surface area contributed by atoms with Crippen molar-refractivity contribution in [3.05, 3.63) is 0 Å². The van der Waals surface area contributed by atoms with Crippen molar-refractivity contribution in [3.63, 3.8) is 0 Å². The third-order valence-electron chi connectivity index (χ3n) is 2.55. The molecular weight excluding hydrogens is 158 g/mol. The van der Waals surface area contributed by atoms with Crippen LogP contribution in [0.4, 0.5) is 8.78 Å². The summed E-state index contributed by atoms with van der Waals surface area (Å²) >= 11 is 0. The summed E-state index contributed by atoms with van der Waals surface area (Å²) in [6.45, 7) is 4.21. The average molecular weight is 176 g/mol. The molecule has 1 aliphatic carbocycles. The van der Waals surface area contributed by atoms with Gasteiger partial charge < -0.3 is 0 Å². The first-order valence-corrected chi connectivity index (χ1v) is 4.87. The van der Waals surface area contributed by atoms with Gasteiger partial charge in [-0.1, -0.05) is 20.3 Å². The summed E-state index contributed by atoms with van der Waals surface area (Å²) < 4.78 is 25.8. The van der Waals surface area contributed by atoms with Gasteiger partial charge in [0, 0.05) is 12.8 Å². The van der Waals surface area contributed by atoms with Crippen LogP contribution >= 0.6 is 0 Å². The molecule has 1 fully saturated rings. The molecule has 0 saturated heterocycles. The lowest BCUT2D eigenvalue weighted by atomic mass is 9.82. The van der Waals surface area contributed by atoms with E-state index >= 15 is 0 Å². The molecule has 0 heterocycles. The molecule has 1 unspecified atom stereocenters. The highest BCUT2D eigenvalue weighted by molar-refractivity contribution is 4.78. The largest absolute Gasteiger partial charge is 0.248 e. The Balaban J connectivity index is 2.36. The number of halogens is 2. The van der Waals surface area contributed by atoms with Crippen molar-refractivity contribution in [1.82, 2.24) is 0 Å². The molecule has 0 aromatic rings. The van der Waals surface area contributed by atoms with Gasteiger partial charge in [-0.2, -0.15) is 0 Å². The minimum Gasteiger partial charge on any atom is -0.207 e. The highest BCUT2D eigenvalue weighted by Crippen LogP contribution is 2.38. The predicted octanol–water partition coefficient (Wildman–Crippen LogP) is 3.86. The second-order valence-corrected chi connectivity index (χ2v) is 4.45. The lowest BCUT2D eigenvalue weighted by Gasteiger charge is -2.29. The van der Waals surface area contributed by atoms with Gasteiger partial charge in [-0.15, -0.1) is 0 Å². The first kappa shape index (κ1) is 9.94. The van der Waals surface area contributed by atoms with E-state index in [-0.39, 0.29) is 18.8 Å². The summed E-state index contributed by atoms with van der Waals surface area (Å²) in [4.78, 5) is 0. The number of hydrogen-bond acceptors (Lipinski definition) is 0. The van der Waals surface area contributed by atoms with Crippen LogP contribution in [0.3, 0.4) is 0 Å². The van der Waals surface area contributed by atoms with Crippen LogP contribution in [0, 0.1) is 11.8 Å². The zero-order valence-corrected chi connectivity index (χ0v) is 7.95. The molecule has 0 radical (unpaired) electrons. The Morgan fingerprint density at radius 2 is 2.08 bits per heavy atom. The van der Waals surface area contributed by atoms with E-state index in [9.17, 15) is 8.78 Å². The van der Waals surface area contributed by atoms with E-state index in [0.29, 0.717) is 12.3 Å². The molecule has 1 atom stereocenters. The molecule has 12 heavy (non-hydrogen) atoms. The second-order valence-electron chi connectivity index (χ2n) is 4.45. The Kier molecular flexibility index (Phi) is 3.08. The Labute approximate surface area is 73.3 Å². The Morgan fingerprint density at radius 1 is 1.42 bits per heavy atom. The zero-order valence-electron chi connectivity index (χ0n) is 7.95. The fraction of sp³-hybridized carbons (Fsp3) is 1.00. The van der Waals surface area contributed by atoms with E-state index in [2.05, 4.69) is 13.8 Å². The second kappa shape index (κ2) is 3.71. The van der Waals surface area contributed by atoms with Gasteiger partial charge >= 0.3 is 0 Å². The maximum absolute atomic E-state index is 12.9. The lowest BCUT2D eigenvalue weighted by Crippen LogP contribution is -2.26. The van der Waals surface area contributed by atoms with E-state index in [4.69, 9.17) is 0 Å². The molecule has 2 heteroatoms. The van der Waals surface area contributed by atoms with Crippen molar-refractivity contribution >= 4 is 0 Å². The molecular formula is C10H18F2. The number of rotatable bonds is 2. The molecule has 0 aromatic carbocycles. The minimum absolute atomic E-state index is 0.113. The Hall–Kier alpha value is -0.140. The fourth-order valence-corrected chi connectivity index (χ4v) is 2.14. The van der Waals surface area contributed by atoms with Gasteiger partial charge in [-0.05, 0) is 24.7 Å². The van der Waals surface area contributed by atoms with Gasteiger partial charge in [0.05, 0.1) is 0 Å². The van der Waals surface area contributed by atoms with Crippen molar-refractivity contribution in [1.29, 1.82) is 0 Å². The van der Waals surface area contributed by atoms with Crippen molar-refractivity contribution in [2.45, 2.75) is 51.9 Å². The molecule has 1 saturated carbocycles. The number of alkyl halides is 2. The van der Waals surface area contributed by atoms with Crippen LogP contribution in [-0.4, -0.2) is 5.92 Å². The van der Waals surface area contributed by atoms with Gasteiger partial charge in [0.25, 0.3) is 0 Å². The third kappa shape index (κ3) is 3.08. The summed E-state index contributed by atoms with van der Waals surface area (Å²) in [5, 5.41) is 0. The monoisotopic (exact) mass is 176 g/mol. The van der Waals surface area contributed by atoms with Crippen LogP contribution in [0.15, 0.2) is 0 Å². The predicted molar refractivity (Wildman–Crippen MR) is 46.4 cm³/mol. The van der Waals surface area contributed by atoms with E-state index in [0.717, 1.165) is 12.8 Å². The van der Waals surface area contributed by atoms with Crippen molar-refractivity contribution in [3.8, 4) is 0 Å². The minimum atomic E-state index is -2.36. The van der Waals surface area contributed by atoms with Crippen molar-refractivity contribution < 1.29 is 8.78 Å². The maximum Gasteiger partial charge on any atom is 0.248 e. The quantitative estimate of drug-likeness (QED) is 0.599. The molecule has 0 spiro atoms. The molecule has 0 N–H and O–H groups in total. The van der Waals surface area contributed by atoms with Crippen molar-refractivity contribution in [2.75, 3.05) is 0 Å². The maximum atomic E-state index is 12.9. The SMILES string of the molecule is CC(C)CC1CCCC(F)(F)C1. The molecule has 72 valence electrons. The van der Waals surface area contributed by atoms with Gasteiger partial charge in [-0.3, -0.25) is 0 Å². The van der Waals surface area contributed by atoms with Crippen LogP contribution in [0.2, 0.25) is 0 Å². The van der Waals surface area contributed by atoms with Gasteiger partial charge in [0.1, 0.15) is 0 Å². The van der Waals surface area contributed by atoms with Crippen molar-refractivity contribution in [2.24, 2.45) is 11.8 Å². The van der Waals surface area contributed by atoms with E-state index in [1.165, 1.54) is 0 Å². The molecule has 0 amide bonds. The lowest BCUT2D eigenvalue weighted by molar-refractivity contribution is -0.0550. The highest BCUT2D eigenvalue weighted by atomic mass is 19.3. The van der Waals surface area contributed by atoms with Gasteiger partial charge in [0.15, 0.2) is 0 Å². The first-order chi connectivity index (χ1) is 5.49. The summed E-state index contributed by atoms with van der Waals surface area (Å²) in [7, 11) is 0. The summed E-state index contributed by atoms with van der Waals surface area (Å²) in [5.74, 6) is -1.53. The van der Waals surface area contributed by atoms with Gasteiger partial charge in [0.2, 0.25) is 5.92 Å². The van der Waals surface area contributed by atoms with Crippen LogP contribution < -0.4 is 0 Å². The third-order valence-corrected chi connectivity index (χ3v) is 2.55. The topological polar surface area (TPSA) is 0 Å². The molecule has 0 aromatic heterocycles. The smallest absolute Gasteiger partial charge is 0.207 e. The summed E-state index contributed by atoms with van der Waals surface area (Å²) in [6, 6.07) is 0. The number of hydrogen-bond donors (Lipinski definition) is 0. The standard InChI is InChI=1S/C10H18F2/c1-8(2)6-9-4-3-5-10(11,12)7-9/h8-9H,3-7H2,1-2H3. The Morgan fingerprint density at radius 3 is 2.58 bits per heavy atom. The molecule has 0 aliphatic heterocycles. The van der Waals surface area contributed by atoms with Crippen LogP contribution in [-0.2, 0) is 0 Å². The first-order valence-electron chi connectivity index (χ1n) is 4.87. The normalized spacial score (nSPS) is 29.2. The molecule has 0 bridgehead atoms. The average Bonchev–Trinajstić information content (AvgIpc) is 1.82. The van der Waals surface area contributed by atoms with E-state index in [1.54, 1.807) is 0 Å². The van der Waals surface area contributed by atoms with Crippen LogP contribution in [0.25, 0.3) is 0 Å². The molecule has 1 rings (SSSR count). The van der Waals surface area contributed by atoms with Gasteiger partial charge in [-0.25, -0.2) is 8.78 Å². The molecule has 0 nitrogen and oxygen atoms in total. The zero-order chi connectivity index (χ0) is 9.19. The van der Waals surface area contributed by atoms with Crippen LogP contribution in [0.5, 0.6) is 0 Å².